The largest absolute Gasteiger partial charge is 0.497 e. The maximum atomic E-state index is 12.6. The fraction of sp³-hybridized carbons (Fsp3) is 0.130. The Morgan fingerprint density at radius 3 is 2.60 bits per heavy atom. The van der Waals surface area contributed by atoms with Crippen LogP contribution in [0.4, 0.5) is 11.4 Å². The van der Waals surface area contributed by atoms with Crippen molar-refractivity contribution in [3.05, 3.63) is 88.4 Å². The third kappa shape index (κ3) is 4.37. The summed E-state index contributed by atoms with van der Waals surface area (Å²) in [5.74, 6) is 1.02. The van der Waals surface area contributed by atoms with Crippen molar-refractivity contribution in [3.8, 4) is 5.75 Å². The van der Waals surface area contributed by atoms with Crippen molar-refractivity contribution in [3.63, 3.8) is 0 Å². The third-order valence-corrected chi connectivity index (χ3v) is 6.44. The molecule has 1 atom stereocenters. The first-order chi connectivity index (χ1) is 14.5. The Hall–Kier alpha value is -2.77. The summed E-state index contributed by atoms with van der Waals surface area (Å²) in [6.45, 7) is 0. The van der Waals surface area contributed by atoms with E-state index in [2.05, 4.69) is 21.2 Å². The first kappa shape index (κ1) is 20.5. The molecule has 0 spiro atoms. The molecular weight excluding hydrogens is 464 g/mol. The number of methoxy groups -OCH3 is 1. The number of hydrogen-bond acceptors (Lipinski definition) is 4. The number of carbonyl (C=O) groups excluding carboxylic acids is 2. The van der Waals surface area contributed by atoms with Crippen LogP contribution in [0.15, 0.2) is 77.3 Å². The van der Waals surface area contributed by atoms with Crippen LogP contribution in [0, 0.1) is 0 Å². The van der Waals surface area contributed by atoms with E-state index in [4.69, 9.17) is 4.74 Å². The molecule has 7 heteroatoms. The van der Waals surface area contributed by atoms with Crippen LogP contribution in [0.5, 0.6) is 5.75 Å². The van der Waals surface area contributed by atoms with Crippen molar-refractivity contribution >= 4 is 50.9 Å². The van der Waals surface area contributed by atoms with Crippen LogP contribution in [0.2, 0.25) is 0 Å². The first-order valence-corrected chi connectivity index (χ1v) is 11.1. The Morgan fingerprint density at radius 1 is 1.10 bits per heavy atom. The number of amides is 2. The molecule has 152 valence electrons. The summed E-state index contributed by atoms with van der Waals surface area (Å²) >= 11 is 4.96. The number of anilines is 2. The normalized spacial score (nSPS) is 15.9. The minimum absolute atomic E-state index is 0.0544. The van der Waals surface area contributed by atoms with Gasteiger partial charge in [-0.2, -0.15) is 0 Å². The Kier molecular flexibility index (Phi) is 6.11. The highest BCUT2D eigenvalue weighted by atomic mass is 79.9. The van der Waals surface area contributed by atoms with Gasteiger partial charge < -0.3 is 10.1 Å². The highest BCUT2D eigenvalue weighted by Crippen LogP contribution is 2.42. The molecule has 1 aliphatic rings. The second-order valence-electron chi connectivity index (χ2n) is 6.72. The lowest BCUT2D eigenvalue weighted by atomic mass is 10.1. The van der Waals surface area contributed by atoms with E-state index in [9.17, 15) is 9.59 Å². The summed E-state index contributed by atoms with van der Waals surface area (Å²) in [4.78, 5) is 27.0. The molecule has 3 aromatic rings. The van der Waals surface area contributed by atoms with Crippen molar-refractivity contribution < 1.29 is 14.3 Å². The van der Waals surface area contributed by atoms with Gasteiger partial charge in [-0.1, -0.05) is 34.1 Å². The number of nitrogens with zero attached hydrogens (tertiary/aromatic N) is 1. The number of nitrogens with one attached hydrogen (secondary N) is 1. The number of ether oxygens (including phenoxy) is 1. The summed E-state index contributed by atoms with van der Waals surface area (Å²) < 4.78 is 6.06. The Labute approximate surface area is 187 Å². The van der Waals surface area contributed by atoms with Crippen LogP contribution in [0.25, 0.3) is 0 Å². The fourth-order valence-corrected chi connectivity index (χ4v) is 4.86. The number of halogens is 1. The minimum Gasteiger partial charge on any atom is -0.497 e. The van der Waals surface area contributed by atoms with E-state index in [0.717, 1.165) is 21.5 Å². The van der Waals surface area contributed by atoms with Gasteiger partial charge in [0.05, 0.1) is 12.9 Å². The van der Waals surface area contributed by atoms with E-state index >= 15 is 0 Å². The maximum absolute atomic E-state index is 12.6. The number of rotatable bonds is 5. The average molecular weight is 483 g/mol. The molecule has 0 radical (unpaired) electrons. The van der Waals surface area contributed by atoms with Gasteiger partial charge in [0.2, 0.25) is 5.91 Å². The molecule has 1 fully saturated rings. The van der Waals surface area contributed by atoms with Crippen LogP contribution in [0.3, 0.4) is 0 Å². The molecule has 2 amide bonds. The molecular formula is C23H19BrN2O3S. The van der Waals surface area contributed by atoms with E-state index in [1.54, 1.807) is 35.9 Å². The lowest BCUT2D eigenvalue weighted by molar-refractivity contribution is -0.115. The second-order valence-corrected chi connectivity index (χ2v) is 8.70. The average Bonchev–Trinajstić information content (AvgIpc) is 3.15. The molecule has 1 N–H and O–H groups in total. The zero-order chi connectivity index (χ0) is 21.1. The van der Waals surface area contributed by atoms with Crippen LogP contribution < -0.4 is 15.0 Å². The topological polar surface area (TPSA) is 58.6 Å². The maximum Gasteiger partial charge on any atom is 0.255 e. The summed E-state index contributed by atoms with van der Waals surface area (Å²) in [7, 11) is 1.61. The molecule has 4 rings (SSSR count). The Morgan fingerprint density at radius 2 is 1.87 bits per heavy atom. The van der Waals surface area contributed by atoms with E-state index in [-0.39, 0.29) is 17.2 Å². The Bertz CT molecular complexity index is 1090. The van der Waals surface area contributed by atoms with Crippen LogP contribution in [0.1, 0.15) is 21.3 Å². The Balaban J connectivity index is 1.57. The summed E-state index contributed by atoms with van der Waals surface area (Å²) in [5.41, 5.74) is 3.03. The SMILES string of the molecule is COc1ccc(N2C(=O)CS[C@@H]2c2cccc(NC(=O)c3cccc(Br)c3)c2)cc1. The van der Waals surface area contributed by atoms with E-state index in [1.165, 1.54) is 0 Å². The molecule has 0 bridgehead atoms. The quantitative estimate of drug-likeness (QED) is 0.522. The second kappa shape index (κ2) is 8.93. The van der Waals surface area contributed by atoms with Crippen molar-refractivity contribution in [2.45, 2.75) is 5.37 Å². The van der Waals surface area contributed by atoms with Gasteiger partial charge in [0.1, 0.15) is 11.1 Å². The molecule has 0 aliphatic carbocycles. The van der Waals surface area contributed by atoms with Gasteiger partial charge in [0.25, 0.3) is 5.91 Å². The standard InChI is InChI=1S/C23H19BrN2O3S/c1-29-20-10-8-19(9-11-20)26-21(27)14-30-23(26)16-5-3-7-18(13-16)25-22(28)15-4-2-6-17(24)12-15/h2-13,23H,14H2,1H3,(H,25,28)/t23-/m1/s1. The third-order valence-electron chi connectivity index (χ3n) is 4.73. The molecule has 0 unspecified atom stereocenters. The summed E-state index contributed by atoms with van der Waals surface area (Å²) in [6.07, 6.45) is 0. The van der Waals surface area contributed by atoms with E-state index in [0.29, 0.717) is 17.0 Å². The predicted molar refractivity (Wildman–Crippen MR) is 124 cm³/mol. The zero-order valence-corrected chi connectivity index (χ0v) is 18.6. The van der Waals surface area contributed by atoms with Gasteiger partial charge in [-0.25, -0.2) is 0 Å². The molecule has 1 saturated heterocycles. The van der Waals surface area contributed by atoms with E-state index < -0.39 is 0 Å². The van der Waals surface area contributed by atoms with Gasteiger partial charge >= 0.3 is 0 Å². The first-order valence-electron chi connectivity index (χ1n) is 9.30. The fourth-order valence-electron chi connectivity index (χ4n) is 3.30. The van der Waals surface area contributed by atoms with Crippen molar-refractivity contribution in [2.75, 3.05) is 23.1 Å². The van der Waals surface area contributed by atoms with Gasteiger partial charge in [-0.3, -0.25) is 14.5 Å². The molecule has 30 heavy (non-hydrogen) atoms. The molecule has 3 aromatic carbocycles. The van der Waals surface area contributed by atoms with Gasteiger partial charge in [0, 0.05) is 21.4 Å². The van der Waals surface area contributed by atoms with Crippen molar-refractivity contribution in [1.29, 1.82) is 0 Å². The van der Waals surface area contributed by atoms with Crippen molar-refractivity contribution in [2.24, 2.45) is 0 Å². The smallest absolute Gasteiger partial charge is 0.255 e. The van der Waals surface area contributed by atoms with Crippen LogP contribution in [-0.2, 0) is 4.79 Å². The zero-order valence-electron chi connectivity index (χ0n) is 16.2. The molecule has 5 nitrogen and oxygen atoms in total. The number of carbonyl (C=O) groups is 2. The molecule has 1 heterocycles. The lowest BCUT2D eigenvalue weighted by Gasteiger charge is -2.25. The highest BCUT2D eigenvalue weighted by Gasteiger charge is 2.34. The van der Waals surface area contributed by atoms with E-state index in [1.807, 2.05) is 60.7 Å². The molecule has 0 aromatic heterocycles. The number of benzene rings is 3. The minimum atomic E-state index is -0.185. The predicted octanol–water partition coefficient (Wildman–Crippen LogP) is 5.49. The van der Waals surface area contributed by atoms with Crippen LogP contribution >= 0.6 is 27.7 Å². The van der Waals surface area contributed by atoms with Gasteiger partial charge in [0.15, 0.2) is 0 Å². The monoisotopic (exact) mass is 482 g/mol. The van der Waals surface area contributed by atoms with Crippen molar-refractivity contribution in [1.82, 2.24) is 0 Å². The summed E-state index contributed by atoms with van der Waals surface area (Å²) in [5, 5.41) is 2.78. The number of hydrogen-bond donors (Lipinski definition) is 1. The van der Waals surface area contributed by atoms with Crippen LogP contribution in [-0.4, -0.2) is 24.7 Å². The van der Waals surface area contributed by atoms with Gasteiger partial charge in [-0.15, -0.1) is 11.8 Å². The summed E-state index contributed by atoms with van der Waals surface area (Å²) in [6, 6.07) is 22.3. The lowest BCUT2D eigenvalue weighted by Crippen LogP contribution is -2.27. The number of thioether (sulfide) groups is 1. The molecule has 1 aliphatic heterocycles. The molecule has 0 saturated carbocycles. The van der Waals surface area contributed by atoms with Gasteiger partial charge in [-0.05, 0) is 60.2 Å². The highest BCUT2D eigenvalue weighted by molar-refractivity contribution is 9.10.